The number of ether oxygens (including phenoxy) is 1. The molecule has 2 aromatic rings. The first-order valence-corrected chi connectivity index (χ1v) is 8.11. The van der Waals surface area contributed by atoms with E-state index in [1.165, 1.54) is 6.92 Å². The number of carbonyl (C=O) groups excluding carboxylic acids is 2. The van der Waals surface area contributed by atoms with Gasteiger partial charge in [0.05, 0.1) is 12.1 Å². The van der Waals surface area contributed by atoms with Gasteiger partial charge in [-0.05, 0) is 37.1 Å². The zero-order valence-corrected chi connectivity index (χ0v) is 15.1. The molecule has 5 nitrogen and oxygen atoms in total. The van der Waals surface area contributed by atoms with Gasteiger partial charge in [-0.15, -0.1) is 0 Å². The number of hydrogen-bond donors (Lipinski definition) is 2. The van der Waals surface area contributed by atoms with Crippen LogP contribution >= 0.6 is 0 Å². The van der Waals surface area contributed by atoms with Gasteiger partial charge in [-0.25, -0.2) is 0 Å². The summed E-state index contributed by atoms with van der Waals surface area (Å²) in [4.78, 5) is 24.2. The van der Waals surface area contributed by atoms with Gasteiger partial charge in [0.25, 0.3) is 5.91 Å². The zero-order valence-electron chi connectivity index (χ0n) is 15.1. The highest BCUT2D eigenvalue weighted by molar-refractivity contribution is 5.99. The van der Waals surface area contributed by atoms with Crippen molar-refractivity contribution in [1.29, 1.82) is 0 Å². The number of hydrogen-bond acceptors (Lipinski definition) is 3. The monoisotopic (exact) mass is 340 g/mol. The maximum Gasteiger partial charge on any atom is 0.252 e. The van der Waals surface area contributed by atoms with Crippen LogP contribution in [0.2, 0.25) is 0 Å². The maximum absolute atomic E-state index is 12.9. The molecule has 0 spiro atoms. The molecular weight excluding hydrogens is 316 g/mol. The molecular formula is C20H24N2O3. The van der Waals surface area contributed by atoms with Crippen LogP contribution < -0.4 is 10.6 Å². The Labute approximate surface area is 148 Å². The summed E-state index contributed by atoms with van der Waals surface area (Å²) in [6.07, 6.45) is 0. The molecule has 132 valence electrons. The van der Waals surface area contributed by atoms with Crippen LogP contribution in [0.1, 0.15) is 35.3 Å². The van der Waals surface area contributed by atoms with E-state index in [0.717, 1.165) is 11.1 Å². The van der Waals surface area contributed by atoms with Gasteiger partial charge in [0, 0.05) is 25.3 Å². The quantitative estimate of drug-likeness (QED) is 0.848. The molecule has 1 atom stereocenters. The van der Waals surface area contributed by atoms with E-state index in [1.807, 2.05) is 44.2 Å². The fourth-order valence-corrected chi connectivity index (χ4v) is 2.81. The Bertz CT molecular complexity index is 759. The SMILES string of the molecule is COC[C@@](C)(NC(=O)c1cccc(NC(C)=O)c1C)c1ccccc1. The van der Waals surface area contributed by atoms with Crippen LogP contribution in [0.4, 0.5) is 5.69 Å². The fourth-order valence-electron chi connectivity index (χ4n) is 2.81. The van der Waals surface area contributed by atoms with E-state index in [9.17, 15) is 9.59 Å². The average Bonchev–Trinajstić information content (AvgIpc) is 2.57. The maximum atomic E-state index is 12.9. The Morgan fingerprint density at radius 3 is 2.36 bits per heavy atom. The summed E-state index contributed by atoms with van der Waals surface area (Å²) in [5, 5.41) is 5.82. The summed E-state index contributed by atoms with van der Waals surface area (Å²) >= 11 is 0. The van der Waals surface area contributed by atoms with Gasteiger partial charge in [0.1, 0.15) is 0 Å². The van der Waals surface area contributed by atoms with E-state index in [1.54, 1.807) is 25.3 Å². The van der Waals surface area contributed by atoms with Crippen molar-refractivity contribution in [2.75, 3.05) is 19.0 Å². The average molecular weight is 340 g/mol. The second-order valence-electron chi connectivity index (χ2n) is 6.24. The molecule has 0 saturated heterocycles. The molecule has 2 N–H and O–H groups in total. The predicted molar refractivity (Wildman–Crippen MR) is 98.6 cm³/mol. The standard InChI is InChI=1S/C20H24N2O3/c1-14-17(11-8-12-18(14)21-15(2)23)19(24)22-20(3,13-25-4)16-9-6-5-7-10-16/h5-12H,13H2,1-4H3,(H,21,23)(H,22,24)/t20-/m1/s1. The molecule has 0 fully saturated rings. The molecule has 0 aromatic heterocycles. The van der Waals surface area contributed by atoms with Gasteiger partial charge in [0.2, 0.25) is 5.91 Å². The number of benzene rings is 2. The summed E-state index contributed by atoms with van der Waals surface area (Å²) in [5.41, 5.74) is 2.17. The molecule has 25 heavy (non-hydrogen) atoms. The van der Waals surface area contributed by atoms with Crippen LogP contribution in [0.3, 0.4) is 0 Å². The van der Waals surface area contributed by atoms with E-state index >= 15 is 0 Å². The lowest BCUT2D eigenvalue weighted by molar-refractivity contribution is -0.114. The van der Waals surface area contributed by atoms with Gasteiger partial charge in [-0.1, -0.05) is 36.4 Å². The zero-order chi connectivity index (χ0) is 18.4. The second kappa shape index (κ2) is 7.94. The molecule has 5 heteroatoms. The molecule has 0 radical (unpaired) electrons. The van der Waals surface area contributed by atoms with Crippen LogP contribution in [0.25, 0.3) is 0 Å². The van der Waals surface area contributed by atoms with E-state index in [-0.39, 0.29) is 11.8 Å². The van der Waals surface area contributed by atoms with Crippen molar-refractivity contribution < 1.29 is 14.3 Å². The van der Waals surface area contributed by atoms with Gasteiger partial charge in [0.15, 0.2) is 0 Å². The third-order valence-corrected chi connectivity index (χ3v) is 4.12. The van der Waals surface area contributed by atoms with Crippen molar-refractivity contribution in [2.45, 2.75) is 26.3 Å². The van der Waals surface area contributed by atoms with E-state index in [4.69, 9.17) is 4.74 Å². The van der Waals surface area contributed by atoms with Crippen LogP contribution in [-0.4, -0.2) is 25.5 Å². The van der Waals surface area contributed by atoms with E-state index in [0.29, 0.717) is 17.9 Å². The van der Waals surface area contributed by atoms with E-state index in [2.05, 4.69) is 10.6 Å². The fraction of sp³-hybridized carbons (Fsp3) is 0.300. The van der Waals surface area contributed by atoms with Gasteiger partial charge in [-0.3, -0.25) is 9.59 Å². The predicted octanol–water partition coefficient (Wildman–Crippen LogP) is 3.25. The van der Waals surface area contributed by atoms with Crippen molar-refractivity contribution in [3.8, 4) is 0 Å². The topological polar surface area (TPSA) is 67.4 Å². The van der Waals surface area contributed by atoms with Gasteiger partial charge in [-0.2, -0.15) is 0 Å². The van der Waals surface area contributed by atoms with Crippen molar-refractivity contribution in [3.05, 3.63) is 65.2 Å². The highest BCUT2D eigenvalue weighted by atomic mass is 16.5. The summed E-state index contributed by atoms with van der Waals surface area (Å²) < 4.78 is 5.33. The minimum absolute atomic E-state index is 0.172. The second-order valence-corrected chi connectivity index (χ2v) is 6.24. The summed E-state index contributed by atoms with van der Waals surface area (Å²) in [6, 6.07) is 15.0. The van der Waals surface area contributed by atoms with Crippen LogP contribution in [-0.2, 0) is 15.1 Å². The number of amides is 2. The molecule has 0 bridgehead atoms. The lowest BCUT2D eigenvalue weighted by atomic mass is 9.92. The molecule has 0 aliphatic heterocycles. The highest BCUT2D eigenvalue weighted by Crippen LogP contribution is 2.24. The minimum atomic E-state index is -0.663. The first-order valence-electron chi connectivity index (χ1n) is 8.11. The number of rotatable bonds is 6. The Kier molecular flexibility index (Phi) is 5.93. The molecule has 0 aliphatic rings. The lowest BCUT2D eigenvalue weighted by Crippen LogP contribution is -2.47. The number of carbonyl (C=O) groups is 2. The van der Waals surface area contributed by atoms with Crippen molar-refractivity contribution in [2.24, 2.45) is 0 Å². The summed E-state index contributed by atoms with van der Waals surface area (Å²) in [7, 11) is 1.61. The Morgan fingerprint density at radius 2 is 1.76 bits per heavy atom. The molecule has 2 rings (SSSR count). The lowest BCUT2D eigenvalue weighted by Gasteiger charge is -2.31. The van der Waals surface area contributed by atoms with Crippen molar-refractivity contribution in [1.82, 2.24) is 5.32 Å². The van der Waals surface area contributed by atoms with Crippen LogP contribution in [0.5, 0.6) is 0 Å². The van der Waals surface area contributed by atoms with Gasteiger partial charge >= 0.3 is 0 Å². The third-order valence-electron chi connectivity index (χ3n) is 4.12. The third kappa shape index (κ3) is 4.45. The van der Waals surface area contributed by atoms with Crippen LogP contribution in [0, 0.1) is 6.92 Å². The highest BCUT2D eigenvalue weighted by Gasteiger charge is 2.29. The molecule has 0 heterocycles. The largest absolute Gasteiger partial charge is 0.382 e. The minimum Gasteiger partial charge on any atom is -0.382 e. The Hall–Kier alpha value is -2.66. The first-order chi connectivity index (χ1) is 11.9. The van der Waals surface area contributed by atoms with Crippen LogP contribution in [0.15, 0.2) is 48.5 Å². The molecule has 0 aliphatic carbocycles. The number of anilines is 1. The molecule has 2 amide bonds. The number of nitrogens with one attached hydrogen (secondary N) is 2. The van der Waals surface area contributed by atoms with E-state index < -0.39 is 5.54 Å². The number of methoxy groups -OCH3 is 1. The Balaban J connectivity index is 2.32. The van der Waals surface area contributed by atoms with Gasteiger partial charge < -0.3 is 15.4 Å². The normalized spacial score (nSPS) is 13.0. The summed E-state index contributed by atoms with van der Waals surface area (Å²) in [6.45, 7) is 5.53. The Morgan fingerprint density at radius 1 is 1.08 bits per heavy atom. The molecule has 2 aromatic carbocycles. The van der Waals surface area contributed by atoms with Crippen molar-refractivity contribution in [3.63, 3.8) is 0 Å². The molecule has 0 saturated carbocycles. The summed E-state index contributed by atoms with van der Waals surface area (Å²) in [5.74, 6) is -0.387. The smallest absolute Gasteiger partial charge is 0.252 e. The molecule has 0 unspecified atom stereocenters. The van der Waals surface area contributed by atoms with Crippen molar-refractivity contribution >= 4 is 17.5 Å². The first kappa shape index (κ1) is 18.7.